The van der Waals surface area contributed by atoms with Gasteiger partial charge in [0.1, 0.15) is 4.90 Å². The van der Waals surface area contributed by atoms with E-state index in [9.17, 15) is 13.2 Å². The van der Waals surface area contributed by atoms with Crippen molar-refractivity contribution in [3.63, 3.8) is 0 Å². The first kappa shape index (κ1) is 23.5. The average Bonchev–Trinajstić information content (AvgIpc) is 2.63. The number of amides is 1. The molecule has 28 heavy (non-hydrogen) atoms. The van der Waals surface area contributed by atoms with E-state index in [0.717, 1.165) is 19.3 Å². The Hall–Kier alpha value is -0.820. The minimum Gasteiger partial charge on any atom is -0.353 e. The molecular formula is C20H30Cl2N2O3S. The van der Waals surface area contributed by atoms with Gasteiger partial charge >= 0.3 is 0 Å². The van der Waals surface area contributed by atoms with E-state index in [1.165, 1.54) is 16.4 Å². The van der Waals surface area contributed by atoms with Crippen molar-refractivity contribution in [1.82, 2.24) is 9.62 Å². The Balaban J connectivity index is 1.89. The zero-order chi connectivity index (χ0) is 20.9. The molecule has 0 radical (unpaired) electrons. The van der Waals surface area contributed by atoms with Gasteiger partial charge in [-0.25, -0.2) is 8.42 Å². The van der Waals surface area contributed by atoms with Crippen molar-refractivity contribution in [2.45, 2.75) is 63.8 Å². The molecule has 1 aromatic rings. The van der Waals surface area contributed by atoms with Gasteiger partial charge in [0.05, 0.1) is 5.02 Å². The van der Waals surface area contributed by atoms with E-state index in [4.69, 9.17) is 23.2 Å². The number of hydrogen-bond acceptors (Lipinski definition) is 3. The molecule has 0 bridgehead atoms. The minimum absolute atomic E-state index is 0.0170. The van der Waals surface area contributed by atoms with Crippen LogP contribution in [-0.4, -0.2) is 37.8 Å². The second-order valence-electron chi connectivity index (χ2n) is 7.99. The molecule has 0 aliphatic carbocycles. The Morgan fingerprint density at radius 1 is 1.18 bits per heavy atom. The van der Waals surface area contributed by atoms with Gasteiger partial charge in [0.2, 0.25) is 15.9 Å². The van der Waals surface area contributed by atoms with Crippen molar-refractivity contribution in [3.05, 3.63) is 28.2 Å². The third-order valence-corrected chi connectivity index (χ3v) is 7.76. The fourth-order valence-corrected chi connectivity index (χ4v) is 5.64. The maximum absolute atomic E-state index is 12.9. The topological polar surface area (TPSA) is 66.5 Å². The van der Waals surface area contributed by atoms with Crippen LogP contribution in [0.3, 0.4) is 0 Å². The van der Waals surface area contributed by atoms with Crippen molar-refractivity contribution in [2.24, 2.45) is 11.8 Å². The summed E-state index contributed by atoms with van der Waals surface area (Å²) in [6.07, 6.45) is 4.22. The van der Waals surface area contributed by atoms with Crippen LogP contribution in [-0.2, 0) is 14.8 Å². The van der Waals surface area contributed by atoms with Crippen molar-refractivity contribution in [2.75, 3.05) is 13.1 Å². The predicted molar refractivity (Wildman–Crippen MR) is 114 cm³/mol. The molecule has 1 amide bonds. The molecule has 1 aromatic carbocycles. The van der Waals surface area contributed by atoms with E-state index in [2.05, 4.69) is 19.2 Å². The fraction of sp³-hybridized carbons (Fsp3) is 0.650. The van der Waals surface area contributed by atoms with Gasteiger partial charge in [-0.05, 0) is 50.3 Å². The Morgan fingerprint density at radius 2 is 1.82 bits per heavy atom. The lowest BCUT2D eigenvalue weighted by Gasteiger charge is -2.31. The smallest absolute Gasteiger partial charge is 0.244 e. The summed E-state index contributed by atoms with van der Waals surface area (Å²) < 4.78 is 27.1. The molecule has 8 heteroatoms. The molecule has 1 aliphatic rings. The Bertz CT molecular complexity index is 776. The molecule has 0 spiro atoms. The number of nitrogens with zero attached hydrogens (tertiary/aromatic N) is 1. The summed E-state index contributed by atoms with van der Waals surface area (Å²) in [6, 6.07) is 4.55. The number of halogens is 2. The SMILES string of the molecule is CC(C)CCCC(C)NC(=O)C1CCN(S(=O)(=O)c2cc(Cl)ccc2Cl)CC1. The number of rotatable bonds is 8. The van der Waals surface area contributed by atoms with Gasteiger partial charge in [-0.2, -0.15) is 4.31 Å². The molecule has 1 saturated heterocycles. The second kappa shape index (κ2) is 10.3. The molecule has 1 N–H and O–H groups in total. The molecule has 1 atom stereocenters. The molecule has 0 saturated carbocycles. The average molecular weight is 449 g/mol. The monoisotopic (exact) mass is 448 g/mol. The Kier molecular flexibility index (Phi) is 8.61. The predicted octanol–water partition coefficient (Wildman–Crippen LogP) is 4.73. The molecule has 5 nitrogen and oxygen atoms in total. The van der Waals surface area contributed by atoms with Crippen LogP contribution in [0.15, 0.2) is 23.1 Å². The van der Waals surface area contributed by atoms with E-state index < -0.39 is 10.0 Å². The zero-order valence-corrected chi connectivity index (χ0v) is 19.1. The highest BCUT2D eigenvalue weighted by atomic mass is 35.5. The highest BCUT2D eigenvalue weighted by Crippen LogP contribution is 2.30. The van der Waals surface area contributed by atoms with E-state index in [1.807, 2.05) is 6.92 Å². The van der Waals surface area contributed by atoms with E-state index in [1.54, 1.807) is 6.07 Å². The van der Waals surface area contributed by atoms with Crippen molar-refractivity contribution in [1.29, 1.82) is 0 Å². The molecule has 0 aromatic heterocycles. The van der Waals surface area contributed by atoms with Gasteiger partial charge in [0.25, 0.3) is 0 Å². The van der Waals surface area contributed by atoms with Crippen molar-refractivity contribution >= 4 is 39.1 Å². The number of piperidine rings is 1. The molecule has 2 rings (SSSR count). The lowest BCUT2D eigenvalue weighted by Crippen LogP contribution is -2.44. The zero-order valence-electron chi connectivity index (χ0n) is 16.7. The standard InChI is InChI=1S/C20H30Cl2N2O3S/c1-14(2)5-4-6-15(3)23-20(25)16-9-11-24(12-10-16)28(26,27)19-13-17(21)7-8-18(19)22/h7-8,13-16H,4-6,9-12H2,1-3H3,(H,23,25). The summed E-state index contributed by atoms with van der Waals surface area (Å²) in [7, 11) is -3.72. The highest BCUT2D eigenvalue weighted by molar-refractivity contribution is 7.89. The van der Waals surface area contributed by atoms with Crippen LogP contribution in [0.2, 0.25) is 10.0 Å². The number of benzene rings is 1. The molecule has 1 fully saturated rings. The van der Waals surface area contributed by atoms with Gasteiger partial charge in [0.15, 0.2) is 0 Å². The fourth-order valence-electron chi connectivity index (χ4n) is 3.44. The quantitative estimate of drug-likeness (QED) is 0.624. The second-order valence-corrected chi connectivity index (χ2v) is 10.7. The molecule has 1 heterocycles. The molecule has 1 aliphatic heterocycles. The van der Waals surface area contributed by atoms with Crippen LogP contribution in [0.25, 0.3) is 0 Å². The molecule has 1 unspecified atom stereocenters. The van der Waals surface area contributed by atoms with Gasteiger partial charge < -0.3 is 5.32 Å². The molecular weight excluding hydrogens is 419 g/mol. The van der Waals surface area contributed by atoms with Crippen molar-refractivity contribution in [3.8, 4) is 0 Å². The van der Waals surface area contributed by atoms with Gasteiger partial charge in [-0.15, -0.1) is 0 Å². The van der Waals surface area contributed by atoms with Crippen molar-refractivity contribution < 1.29 is 13.2 Å². The maximum Gasteiger partial charge on any atom is 0.244 e. The molecule has 158 valence electrons. The van der Waals surface area contributed by atoms with E-state index in [-0.39, 0.29) is 27.8 Å². The Labute approximate surface area is 178 Å². The summed E-state index contributed by atoms with van der Waals surface area (Å²) in [5.74, 6) is 0.533. The van der Waals surface area contributed by atoms with Gasteiger partial charge in [0, 0.05) is 30.1 Å². The van der Waals surface area contributed by atoms with Crippen LogP contribution in [0.4, 0.5) is 0 Å². The highest BCUT2D eigenvalue weighted by Gasteiger charge is 2.33. The lowest BCUT2D eigenvalue weighted by atomic mass is 9.96. The van der Waals surface area contributed by atoms with Crippen LogP contribution >= 0.6 is 23.2 Å². The number of hydrogen-bond donors (Lipinski definition) is 1. The number of sulfonamides is 1. The summed E-state index contributed by atoms with van der Waals surface area (Å²) in [4.78, 5) is 12.5. The lowest BCUT2D eigenvalue weighted by molar-refractivity contribution is -0.126. The normalized spacial score (nSPS) is 17.6. The van der Waals surface area contributed by atoms with Crippen LogP contribution in [0.5, 0.6) is 0 Å². The van der Waals surface area contributed by atoms with Crippen LogP contribution < -0.4 is 5.32 Å². The van der Waals surface area contributed by atoms with Crippen LogP contribution in [0, 0.1) is 11.8 Å². The van der Waals surface area contributed by atoms with E-state index in [0.29, 0.717) is 36.9 Å². The third-order valence-electron chi connectivity index (χ3n) is 5.14. The largest absolute Gasteiger partial charge is 0.353 e. The summed E-state index contributed by atoms with van der Waals surface area (Å²) in [5, 5.41) is 3.55. The minimum atomic E-state index is -3.72. The first-order chi connectivity index (χ1) is 13.1. The van der Waals surface area contributed by atoms with Crippen LogP contribution in [0.1, 0.15) is 52.9 Å². The Morgan fingerprint density at radius 3 is 2.43 bits per heavy atom. The number of carbonyl (C=O) groups excluding carboxylic acids is 1. The third kappa shape index (κ3) is 6.34. The maximum atomic E-state index is 12.9. The number of carbonyl (C=O) groups is 1. The van der Waals surface area contributed by atoms with Gasteiger partial charge in [-0.3, -0.25) is 4.79 Å². The first-order valence-corrected chi connectivity index (χ1v) is 12.1. The first-order valence-electron chi connectivity index (χ1n) is 9.87. The van der Waals surface area contributed by atoms with E-state index >= 15 is 0 Å². The summed E-state index contributed by atoms with van der Waals surface area (Å²) >= 11 is 12.0. The van der Waals surface area contributed by atoms with Gasteiger partial charge in [-0.1, -0.05) is 49.9 Å². The summed E-state index contributed by atoms with van der Waals surface area (Å²) in [6.45, 7) is 7.01. The number of nitrogens with one attached hydrogen (secondary N) is 1. The summed E-state index contributed by atoms with van der Waals surface area (Å²) in [5.41, 5.74) is 0.